The second-order valence-corrected chi connectivity index (χ2v) is 7.41. The predicted molar refractivity (Wildman–Crippen MR) is 120 cm³/mol. The van der Waals surface area contributed by atoms with Crippen molar-refractivity contribution in [3.8, 4) is 0 Å². The van der Waals surface area contributed by atoms with Crippen molar-refractivity contribution in [2.75, 3.05) is 0 Å². The molecule has 4 rings (SSSR count). The third-order valence-electron chi connectivity index (χ3n) is 5.32. The Morgan fingerprint density at radius 2 is 1.90 bits per heavy atom. The van der Waals surface area contributed by atoms with Gasteiger partial charge < -0.3 is 0 Å². The molecule has 0 saturated carbocycles. The second-order valence-electron chi connectivity index (χ2n) is 7.41. The minimum absolute atomic E-state index is 0.778. The first-order valence-corrected chi connectivity index (χ1v) is 10.2. The van der Waals surface area contributed by atoms with E-state index in [1.54, 1.807) is 0 Å². The standard InChI is InChI=1S/C25H26N4/c1-4-18(2)8-7-9-20-11-12-21-13-14-22(26-25(21)19(20)3)15-16-23-27-24-10-5-6-17-29(24)28-23/h5-14,17H,4,15-16H2,1-3H3. The Hall–Kier alpha value is -3.27. The first-order chi connectivity index (χ1) is 14.1. The molecule has 0 fully saturated rings. The molecule has 3 heterocycles. The van der Waals surface area contributed by atoms with Crippen LogP contribution in [-0.4, -0.2) is 19.6 Å². The molecule has 0 aliphatic carbocycles. The number of fused-ring (bicyclic) bond motifs is 2. The molecule has 0 radical (unpaired) electrons. The Kier molecular flexibility index (Phi) is 5.52. The highest BCUT2D eigenvalue weighted by atomic mass is 15.3. The average molecular weight is 383 g/mol. The van der Waals surface area contributed by atoms with Crippen LogP contribution < -0.4 is 0 Å². The molecule has 0 unspecified atom stereocenters. The van der Waals surface area contributed by atoms with Gasteiger partial charge in [0.2, 0.25) is 0 Å². The molecule has 0 atom stereocenters. The molecule has 29 heavy (non-hydrogen) atoms. The number of pyridine rings is 2. The van der Waals surface area contributed by atoms with Gasteiger partial charge in [0, 0.05) is 23.7 Å². The maximum Gasteiger partial charge on any atom is 0.155 e. The van der Waals surface area contributed by atoms with Crippen molar-refractivity contribution in [3.05, 3.63) is 89.0 Å². The molecule has 0 amide bonds. The number of nitrogens with zero attached hydrogens (tertiary/aromatic N) is 4. The fraction of sp³-hybridized carbons (Fsp3) is 0.240. The predicted octanol–water partition coefficient (Wildman–Crippen LogP) is 5.74. The Morgan fingerprint density at radius 3 is 2.72 bits per heavy atom. The summed E-state index contributed by atoms with van der Waals surface area (Å²) in [5.41, 5.74) is 6.83. The molecule has 0 bridgehead atoms. The summed E-state index contributed by atoms with van der Waals surface area (Å²) in [6, 6.07) is 14.5. The van der Waals surface area contributed by atoms with Gasteiger partial charge in [-0.25, -0.2) is 9.50 Å². The third kappa shape index (κ3) is 4.27. The summed E-state index contributed by atoms with van der Waals surface area (Å²) in [5.74, 6) is 0.851. The SMILES string of the molecule is CCC(C)=CC=Cc1ccc2ccc(CCc3nc4ccccn4n3)nc2c1C. The maximum atomic E-state index is 4.95. The number of hydrogen-bond acceptors (Lipinski definition) is 3. The zero-order valence-electron chi connectivity index (χ0n) is 17.3. The van der Waals surface area contributed by atoms with Gasteiger partial charge in [-0.05, 0) is 56.0 Å². The fourth-order valence-corrected chi connectivity index (χ4v) is 3.36. The third-order valence-corrected chi connectivity index (χ3v) is 5.32. The topological polar surface area (TPSA) is 43.1 Å². The van der Waals surface area contributed by atoms with Crippen molar-refractivity contribution >= 4 is 22.6 Å². The molecule has 4 aromatic rings. The van der Waals surface area contributed by atoms with E-state index >= 15 is 0 Å². The van der Waals surface area contributed by atoms with E-state index in [9.17, 15) is 0 Å². The Bertz CT molecular complexity index is 1180. The van der Waals surface area contributed by atoms with E-state index in [-0.39, 0.29) is 0 Å². The van der Waals surface area contributed by atoms with Gasteiger partial charge in [-0.3, -0.25) is 4.98 Å². The Morgan fingerprint density at radius 1 is 1.03 bits per heavy atom. The van der Waals surface area contributed by atoms with E-state index in [0.717, 1.165) is 41.9 Å². The molecule has 3 aromatic heterocycles. The van der Waals surface area contributed by atoms with Crippen LogP contribution in [0.1, 0.15) is 42.9 Å². The van der Waals surface area contributed by atoms with Gasteiger partial charge in [0.05, 0.1) is 5.52 Å². The van der Waals surface area contributed by atoms with Gasteiger partial charge in [0.1, 0.15) is 0 Å². The largest absolute Gasteiger partial charge is 0.253 e. The van der Waals surface area contributed by atoms with E-state index in [1.807, 2.05) is 28.9 Å². The Balaban J connectivity index is 1.56. The lowest BCUT2D eigenvalue weighted by molar-refractivity contribution is 0.823. The molecule has 0 aliphatic rings. The summed E-state index contributed by atoms with van der Waals surface area (Å²) in [6.45, 7) is 6.48. The highest BCUT2D eigenvalue weighted by Crippen LogP contribution is 2.22. The number of rotatable bonds is 6. The highest BCUT2D eigenvalue weighted by molar-refractivity contribution is 5.85. The minimum atomic E-state index is 0.778. The summed E-state index contributed by atoms with van der Waals surface area (Å²) in [4.78, 5) is 9.54. The summed E-state index contributed by atoms with van der Waals surface area (Å²) < 4.78 is 1.82. The average Bonchev–Trinajstić information content (AvgIpc) is 3.17. The lowest BCUT2D eigenvalue weighted by atomic mass is 10.0. The lowest BCUT2D eigenvalue weighted by Crippen LogP contribution is -1.98. The highest BCUT2D eigenvalue weighted by Gasteiger charge is 2.07. The van der Waals surface area contributed by atoms with Crippen molar-refractivity contribution in [2.45, 2.75) is 40.0 Å². The molecular weight excluding hydrogens is 356 g/mol. The zero-order valence-corrected chi connectivity index (χ0v) is 17.3. The van der Waals surface area contributed by atoms with Crippen molar-refractivity contribution in [1.29, 1.82) is 0 Å². The molecule has 146 valence electrons. The normalized spacial score (nSPS) is 12.4. The second kappa shape index (κ2) is 8.39. The molecule has 0 aliphatic heterocycles. The smallest absolute Gasteiger partial charge is 0.155 e. The number of benzene rings is 1. The van der Waals surface area contributed by atoms with Crippen LogP contribution in [0.25, 0.3) is 22.6 Å². The number of aryl methyl sites for hydroxylation is 3. The van der Waals surface area contributed by atoms with Crippen LogP contribution in [-0.2, 0) is 12.8 Å². The van der Waals surface area contributed by atoms with Gasteiger partial charge in [0.15, 0.2) is 11.5 Å². The van der Waals surface area contributed by atoms with Gasteiger partial charge in [-0.1, -0.05) is 55.0 Å². The minimum Gasteiger partial charge on any atom is -0.253 e. The van der Waals surface area contributed by atoms with Gasteiger partial charge in [-0.2, -0.15) is 5.10 Å². The van der Waals surface area contributed by atoms with E-state index in [2.05, 4.69) is 73.3 Å². The van der Waals surface area contributed by atoms with Gasteiger partial charge in [0.25, 0.3) is 0 Å². The monoisotopic (exact) mass is 382 g/mol. The molecule has 0 spiro atoms. The van der Waals surface area contributed by atoms with E-state index in [0.29, 0.717) is 0 Å². The van der Waals surface area contributed by atoms with E-state index in [4.69, 9.17) is 4.98 Å². The quantitative estimate of drug-likeness (QED) is 0.399. The summed E-state index contributed by atoms with van der Waals surface area (Å²) in [5, 5.41) is 5.72. The van der Waals surface area contributed by atoms with Crippen molar-refractivity contribution < 1.29 is 0 Å². The van der Waals surface area contributed by atoms with Crippen LogP contribution in [0.4, 0.5) is 0 Å². The van der Waals surface area contributed by atoms with E-state index < -0.39 is 0 Å². The van der Waals surface area contributed by atoms with Crippen LogP contribution in [0.5, 0.6) is 0 Å². The molecule has 0 N–H and O–H groups in total. The molecular formula is C25H26N4. The van der Waals surface area contributed by atoms with Crippen LogP contribution in [0.2, 0.25) is 0 Å². The van der Waals surface area contributed by atoms with Crippen LogP contribution in [0.15, 0.2) is 66.4 Å². The van der Waals surface area contributed by atoms with Gasteiger partial charge in [-0.15, -0.1) is 0 Å². The van der Waals surface area contributed by atoms with Crippen molar-refractivity contribution in [2.24, 2.45) is 0 Å². The fourth-order valence-electron chi connectivity index (χ4n) is 3.36. The number of allylic oxidation sites excluding steroid dienone is 3. The summed E-state index contributed by atoms with van der Waals surface area (Å²) in [7, 11) is 0. The first-order valence-electron chi connectivity index (χ1n) is 10.2. The van der Waals surface area contributed by atoms with Crippen LogP contribution in [0, 0.1) is 6.92 Å². The molecule has 4 nitrogen and oxygen atoms in total. The van der Waals surface area contributed by atoms with Crippen LogP contribution >= 0.6 is 0 Å². The van der Waals surface area contributed by atoms with E-state index in [1.165, 1.54) is 22.1 Å². The van der Waals surface area contributed by atoms with Crippen LogP contribution in [0.3, 0.4) is 0 Å². The molecule has 4 heteroatoms. The van der Waals surface area contributed by atoms with Gasteiger partial charge >= 0.3 is 0 Å². The first kappa shape index (κ1) is 19.1. The molecule has 1 aromatic carbocycles. The number of hydrogen-bond donors (Lipinski definition) is 0. The van der Waals surface area contributed by atoms with Crippen molar-refractivity contribution in [1.82, 2.24) is 19.6 Å². The zero-order chi connectivity index (χ0) is 20.2. The Labute approximate surface area is 171 Å². The summed E-state index contributed by atoms with van der Waals surface area (Å²) in [6.07, 6.45) is 11.1. The maximum absolute atomic E-state index is 4.95. The number of aromatic nitrogens is 4. The van der Waals surface area contributed by atoms with Crippen molar-refractivity contribution in [3.63, 3.8) is 0 Å². The lowest BCUT2D eigenvalue weighted by Gasteiger charge is -2.07. The molecule has 0 saturated heterocycles. The summed E-state index contributed by atoms with van der Waals surface area (Å²) >= 11 is 0.